The Morgan fingerprint density at radius 1 is 1.28 bits per heavy atom. The molecular formula is C12H10F2N4. The van der Waals surface area contributed by atoms with Crippen molar-refractivity contribution in [2.24, 2.45) is 17.0 Å². The predicted molar refractivity (Wildman–Crippen MR) is 67.3 cm³/mol. The van der Waals surface area contributed by atoms with E-state index >= 15 is 0 Å². The van der Waals surface area contributed by atoms with E-state index in [9.17, 15) is 8.78 Å². The SMILES string of the molecule is Cn1cc2ccccc2c1N1C=NC(F)=NC1F. The lowest BCUT2D eigenvalue weighted by Gasteiger charge is -2.23. The van der Waals surface area contributed by atoms with Crippen LogP contribution in [0.5, 0.6) is 0 Å². The molecule has 1 aromatic carbocycles. The zero-order valence-corrected chi connectivity index (χ0v) is 9.59. The molecule has 92 valence electrons. The molecule has 1 aromatic heterocycles. The van der Waals surface area contributed by atoms with Gasteiger partial charge in [-0.1, -0.05) is 24.3 Å². The third kappa shape index (κ3) is 1.57. The fourth-order valence-electron chi connectivity index (χ4n) is 2.10. The second kappa shape index (κ2) is 3.90. The highest BCUT2D eigenvalue weighted by Crippen LogP contribution is 2.30. The minimum Gasteiger partial charge on any atom is -0.336 e. The third-order valence-electron chi connectivity index (χ3n) is 2.84. The average molecular weight is 248 g/mol. The number of aromatic nitrogens is 1. The van der Waals surface area contributed by atoms with Crippen molar-refractivity contribution in [2.45, 2.75) is 6.42 Å². The van der Waals surface area contributed by atoms with Gasteiger partial charge in [0, 0.05) is 24.0 Å². The molecule has 0 saturated heterocycles. The van der Waals surface area contributed by atoms with Crippen molar-refractivity contribution in [1.29, 1.82) is 0 Å². The van der Waals surface area contributed by atoms with Crippen LogP contribution in [0.15, 0.2) is 40.4 Å². The molecule has 1 aliphatic heterocycles. The van der Waals surface area contributed by atoms with Crippen LogP contribution in [-0.4, -0.2) is 23.4 Å². The van der Waals surface area contributed by atoms with Gasteiger partial charge in [-0.3, -0.25) is 4.90 Å². The molecule has 0 radical (unpaired) electrons. The lowest BCUT2D eigenvalue weighted by Crippen LogP contribution is -2.34. The number of halogens is 2. The number of hydrogen-bond donors (Lipinski definition) is 0. The molecule has 0 N–H and O–H groups in total. The summed E-state index contributed by atoms with van der Waals surface area (Å²) in [6.07, 6.45) is 0.158. The van der Waals surface area contributed by atoms with Crippen LogP contribution in [-0.2, 0) is 7.05 Å². The zero-order chi connectivity index (χ0) is 12.7. The summed E-state index contributed by atoms with van der Waals surface area (Å²) in [6, 6.07) is 7.57. The Bertz CT molecular complexity index is 659. The summed E-state index contributed by atoms with van der Waals surface area (Å²) in [5, 5.41) is 1.84. The molecule has 0 aliphatic carbocycles. The van der Waals surface area contributed by atoms with Gasteiger partial charge in [0.1, 0.15) is 12.2 Å². The van der Waals surface area contributed by atoms with E-state index < -0.39 is 12.5 Å². The van der Waals surface area contributed by atoms with Gasteiger partial charge in [0.2, 0.25) is 0 Å². The first-order valence-corrected chi connectivity index (χ1v) is 5.41. The fourth-order valence-corrected chi connectivity index (χ4v) is 2.10. The maximum atomic E-state index is 13.8. The number of amidine groups is 1. The zero-order valence-electron chi connectivity index (χ0n) is 9.59. The molecular weight excluding hydrogens is 238 g/mol. The summed E-state index contributed by atoms with van der Waals surface area (Å²) in [5.41, 5.74) is 0. The van der Waals surface area contributed by atoms with Gasteiger partial charge < -0.3 is 4.57 Å². The van der Waals surface area contributed by atoms with E-state index in [0.717, 1.165) is 17.1 Å². The molecule has 4 nitrogen and oxygen atoms in total. The number of hydrogen-bond acceptors (Lipinski definition) is 3. The summed E-state index contributed by atoms with van der Waals surface area (Å²) in [5.74, 6) is 0.595. The number of alkyl halides is 1. The minimum absolute atomic E-state index is 0.595. The molecule has 0 saturated carbocycles. The molecule has 6 heteroatoms. The number of aliphatic imine (C=N–C) groups is 2. The number of anilines is 1. The van der Waals surface area contributed by atoms with Gasteiger partial charge in [0.05, 0.1) is 0 Å². The maximum Gasteiger partial charge on any atom is 0.309 e. The van der Waals surface area contributed by atoms with Gasteiger partial charge in [-0.15, -0.1) is 0 Å². The Kier molecular flexibility index (Phi) is 2.36. The molecule has 2 aromatic rings. The van der Waals surface area contributed by atoms with Crippen LogP contribution < -0.4 is 4.90 Å². The second-order valence-electron chi connectivity index (χ2n) is 4.01. The predicted octanol–water partition coefficient (Wildman–Crippen LogP) is 2.61. The van der Waals surface area contributed by atoms with E-state index in [0.29, 0.717) is 5.82 Å². The van der Waals surface area contributed by atoms with Crippen LogP contribution in [0.1, 0.15) is 0 Å². The summed E-state index contributed by atoms with van der Waals surface area (Å²) in [7, 11) is 1.80. The Hall–Kier alpha value is -2.24. The maximum absolute atomic E-state index is 13.8. The van der Waals surface area contributed by atoms with Crippen molar-refractivity contribution in [2.75, 3.05) is 4.90 Å². The van der Waals surface area contributed by atoms with Crippen molar-refractivity contribution in [3.63, 3.8) is 0 Å². The van der Waals surface area contributed by atoms with Crippen molar-refractivity contribution in [3.8, 4) is 0 Å². The van der Waals surface area contributed by atoms with Gasteiger partial charge in [0.25, 0.3) is 6.42 Å². The van der Waals surface area contributed by atoms with E-state index in [1.807, 2.05) is 30.5 Å². The van der Waals surface area contributed by atoms with Gasteiger partial charge >= 0.3 is 6.09 Å². The lowest BCUT2D eigenvalue weighted by molar-refractivity contribution is 0.351. The summed E-state index contributed by atoms with van der Waals surface area (Å²) in [6.45, 7) is 0. The van der Waals surface area contributed by atoms with E-state index in [1.54, 1.807) is 11.6 Å². The first-order chi connectivity index (χ1) is 8.66. The summed E-state index contributed by atoms with van der Waals surface area (Å²) < 4.78 is 28.3. The third-order valence-corrected chi connectivity index (χ3v) is 2.84. The van der Waals surface area contributed by atoms with E-state index in [2.05, 4.69) is 9.98 Å². The van der Waals surface area contributed by atoms with Crippen LogP contribution in [0.4, 0.5) is 14.6 Å². The highest BCUT2D eigenvalue weighted by atomic mass is 19.2. The molecule has 1 atom stereocenters. The number of rotatable bonds is 1. The van der Waals surface area contributed by atoms with Crippen molar-refractivity contribution < 1.29 is 8.78 Å². The molecule has 0 spiro atoms. The molecule has 1 unspecified atom stereocenters. The quantitative estimate of drug-likeness (QED) is 0.714. The lowest BCUT2D eigenvalue weighted by atomic mass is 10.2. The van der Waals surface area contributed by atoms with E-state index in [1.165, 1.54) is 4.90 Å². The highest BCUT2D eigenvalue weighted by Gasteiger charge is 2.24. The largest absolute Gasteiger partial charge is 0.336 e. The minimum atomic E-state index is -1.79. The van der Waals surface area contributed by atoms with Crippen LogP contribution >= 0.6 is 0 Å². The smallest absolute Gasteiger partial charge is 0.309 e. The summed E-state index contributed by atoms with van der Waals surface area (Å²) in [4.78, 5) is 7.76. The van der Waals surface area contributed by atoms with Gasteiger partial charge in [-0.05, 0) is 0 Å². The molecule has 1 aliphatic rings. The normalized spacial score (nSPS) is 19.4. The van der Waals surface area contributed by atoms with Crippen LogP contribution in [0.25, 0.3) is 10.8 Å². The highest BCUT2D eigenvalue weighted by molar-refractivity contribution is 6.01. The van der Waals surface area contributed by atoms with Crippen molar-refractivity contribution >= 4 is 29.0 Å². The Morgan fingerprint density at radius 2 is 2.06 bits per heavy atom. The first kappa shape index (κ1) is 10.9. The topological polar surface area (TPSA) is 32.9 Å². The second-order valence-corrected chi connectivity index (χ2v) is 4.01. The monoisotopic (exact) mass is 248 g/mol. The molecule has 0 amide bonds. The molecule has 2 heterocycles. The Morgan fingerprint density at radius 3 is 2.83 bits per heavy atom. The van der Waals surface area contributed by atoms with Crippen molar-refractivity contribution in [1.82, 2.24) is 4.57 Å². The number of benzene rings is 1. The van der Waals surface area contributed by atoms with Crippen LogP contribution in [0, 0.1) is 0 Å². The van der Waals surface area contributed by atoms with Gasteiger partial charge in [-0.2, -0.15) is 18.8 Å². The average Bonchev–Trinajstić information content (AvgIpc) is 2.66. The van der Waals surface area contributed by atoms with Gasteiger partial charge in [-0.25, -0.2) is 0 Å². The Labute approximate surface area is 102 Å². The van der Waals surface area contributed by atoms with Crippen LogP contribution in [0.3, 0.4) is 0 Å². The number of fused-ring (bicyclic) bond motifs is 1. The molecule has 3 rings (SSSR count). The van der Waals surface area contributed by atoms with E-state index in [-0.39, 0.29) is 0 Å². The Balaban J connectivity index is 2.15. The molecule has 18 heavy (non-hydrogen) atoms. The van der Waals surface area contributed by atoms with Crippen LogP contribution in [0.2, 0.25) is 0 Å². The van der Waals surface area contributed by atoms with E-state index in [4.69, 9.17) is 0 Å². The fraction of sp³-hybridized carbons (Fsp3) is 0.167. The standard InChI is InChI=1S/C12H10F2N4/c1-17-6-8-4-2-3-5-9(8)10(17)18-7-15-11(13)16-12(18)14/h2-7,12H,1H3. The number of nitrogens with zero attached hydrogens (tertiary/aromatic N) is 4. The summed E-state index contributed by atoms with van der Waals surface area (Å²) >= 11 is 0. The van der Waals surface area contributed by atoms with Crippen molar-refractivity contribution in [3.05, 3.63) is 30.5 Å². The molecule has 0 fully saturated rings. The van der Waals surface area contributed by atoms with Gasteiger partial charge in [0.15, 0.2) is 0 Å². The number of aryl methyl sites for hydroxylation is 1. The first-order valence-electron chi connectivity index (χ1n) is 5.41. The molecule has 0 bridgehead atoms.